The molecule has 0 spiro atoms. The van der Waals surface area contributed by atoms with Crippen LogP contribution in [0.4, 0.5) is 0 Å². The molecule has 292 valence electrons. The fraction of sp³-hybridized carbons (Fsp3) is 0.689. The van der Waals surface area contributed by atoms with Crippen molar-refractivity contribution in [3.05, 3.63) is 57.6 Å². The second-order valence-electron chi connectivity index (χ2n) is 20.6. The molecule has 1 heterocycles. The van der Waals surface area contributed by atoms with Gasteiger partial charge in [0, 0.05) is 43.3 Å². The van der Waals surface area contributed by atoms with Gasteiger partial charge in [-0.3, -0.25) is 14.5 Å². The highest BCUT2D eigenvalue weighted by atomic mass is 16.5. The normalized spacial score (nSPS) is 17.2. The Morgan fingerprint density at radius 3 is 1.60 bits per heavy atom. The Balaban J connectivity index is 1.59. The van der Waals surface area contributed by atoms with Gasteiger partial charge in [-0.1, -0.05) is 107 Å². The van der Waals surface area contributed by atoms with E-state index in [1.807, 2.05) is 18.2 Å². The largest absolute Gasteiger partial charge is 0.507 e. The highest BCUT2D eigenvalue weighted by Crippen LogP contribution is 2.42. The number of rotatable bonds is 10. The summed E-state index contributed by atoms with van der Waals surface area (Å²) in [6.07, 6.45) is 2.51. The van der Waals surface area contributed by atoms with Gasteiger partial charge in [0.1, 0.15) is 24.2 Å². The van der Waals surface area contributed by atoms with Gasteiger partial charge in [0.05, 0.1) is 0 Å². The average Bonchev–Trinajstić information content (AvgIpc) is 2.94. The van der Waals surface area contributed by atoms with Crippen LogP contribution in [0.1, 0.15) is 170 Å². The minimum Gasteiger partial charge on any atom is -0.507 e. The molecule has 2 aromatic carbocycles. The number of hydrogen-bond acceptors (Lipinski definition) is 7. The maximum atomic E-state index is 13.2. The molecule has 0 aromatic heterocycles. The van der Waals surface area contributed by atoms with E-state index >= 15 is 0 Å². The van der Waals surface area contributed by atoms with Crippen LogP contribution in [0.2, 0.25) is 0 Å². The zero-order valence-corrected chi connectivity index (χ0v) is 35.5. The third kappa shape index (κ3) is 11.0. The number of aryl methyl sites for hydroxylation is 2. The summed E-state index contributed by atoms with van der Waals surface area (Å²) in [5.74, 6) is 0.117. The summed E-state index contributed by atoms with van der Waals surface area (Å²) in [6.45, 7) is 34.8. The van der Waals surface area contributed by atoms with Crippen molar-refractivity contribution >= 4 is 11.9 Å². The van der Waals surface area contributed by atoms with Gasteiger partial charge < -0.3 is 19.7 Å². The second kappa shape index (κ2) is 15.4. The average molecular weight is 722 g/mol. The topological polar surface area (TPSA) is 96.3 Å². The van der Waals surface area contributed by atoms with Gasteiger partial charge >= 0.3 is 11.9 Å². The van der Waals surface area contributed by atoms with Crippen LogP contribution in [0.15, 0.2) is 24.3 Å². The molecule has 0 atom stereocenters. The first-order chi connectivity index (χ1) is 23.4. The summed E-state index contributed by atoms with van der Waals surface area (Å²) in [6, 6.07) is 8.18. The molecule has 1 aliphatic heterocycles. The molecule has 0 aliphatic carbocycles. The number of benzene rings is 2. The zero-order chi connectivity index (χ0) is 39.8. The van der Waals surface area contributed by atoms with E-state index in [1.165, 1.54) is 0 Å². The van der Waals surface area contributed by atoms with Crippen molar-refractivity contribution in [3.8, 4) is 11.5 Å². The first kappa shape index (κ1) is 43.3. The minimum atomic E-state index is -0.293. The van der Waals surface area contributed by atoms with Gasteiger partial charge in [0.15, 0.2) is 0 Å². The van der Waals surface area contributed by atoms with Crippen LogP contribution >= 0.6 is 0 Å². The summed E-state index contributed by atoms with van der Waals surface area (Å²) in [7, 11) is 0. The monoisotopic (exact) mass is 722 g/mol. The highest BCUT2D eigenvalue weighted by molar-refractivity contribution is 5.70. The lowest BCUT2D eigenvalue weighted by atomic mass is 9.78. The van der Waals surface area contributed by atoms with Gasteiger partial charge in [-0.15, -0.1) is 0 Å². The van der Waals surface area contributed by atoms with Gasteiger partial charge in [0.2, 0.25) is 0 Å². The van der Waals surface area contributed by atoms with E-state index in [0.29, 0.717) is 38.0 Å². The molecule has 0 radical (unpaired) electrons. The molecule has 0 bridgehead atoms. The lowest BCUT2D eigenvalue weighted by Gasteiger charge is -2.54. The molecule has 2 aromatic rings. The summed E-state index contributed by atoms with van der Waals surface area (Å²) in [5, 5.41) is 22.2. The van der Waals surface area contributed by atoms with Crippen molar-refractivity contribution in [2.24, 2.45) is 0 Å². The molecule has 7 heteroatoms. The Labute approximate surface area is 315 Å². The van der Waals surface area contributed by atoms with E-state index in [-0.39, 0.29) is 76.0 Å². The van der Waals surface area contributed by atoms with Crippen LogP contribution in [0.25, 0.3) is 0 Å². The number of piperidine rings is 1. The predicted octanol–water partition coefficient (Wildman–Crippen LogP) is 9.96. The molecular weight excluding hydrogens is 650 g/mol. The fourth-order valence-corrected chi connectivity index (χ4v) is 7.84. The summed E-state index contributed by atoms with van der Waals surface area (Å²) < 4.78 is 11.9. The number of phenolic OH excluding ortho intramolecular Hbond substituents is 2. The van der Waals surface area contributed by atoms with E-state index in [9.17, 15) is 19.8 Å². The molecular formula is C45H71NO6. The Morgan fingerprint density at radius 1 is 0.673 bits per heavy atom. The quantitative estimate of drug-likeness (QED) is 0.236. The first-order valence-electron chi connectivity index (χ1n) is 19.3. The third-order valence-corrected chi connectivity index (χ3v) is 10.7. The van der Waals surface area contributed by atoms with E-state index < -0.39 is 0 Å². The number of hydrogen-bond donors (Lipinski definition) is 2. The van der Waals surface area contributed by atoms with Crippen LogP contribution in [0.3, 0.4) is 0 Å². The Bertz CT molecular complexity index is 1540. The first-order valence-corrected chi connectivity index (χ1v) is 19.3. The Kier molecular flexibility index (Phi) is 12.8. The SMILES string of the molecule is CC(C)(C)c1cc(CCC(=O)OC2CC(C)(C)N(CCOC(=O)CCc3cc(C(C)(C)C)c(O)c(C(C)(C)C)c3)C(C)(C)C2)c(O)c(C(C)(C)C)c1. The zero-order valence-electron chi connectivity index (χ0n) is 35.5. The van der Waals surface area contributed by atoms with Crippen molar-refractivity contribution in [2.45, 2.75) is 188 Å². The van der Waals surface area contributed by atoms with Crippen molar-refractivity contribution in [1.29, 1.82) is 0 Å². The van der Waals surface area contributed by atoms with E-state index in [0.717, 1.165) is 33.4 Å². The van der Waals surface area contributed by atoms with Gasteiger partial charge in [0.25, 0.3) is 0 Å². The number of esters is 2. The van der Waals surface area contributed by atoms with Crippen molar-refractivity contribution in [3.63, 3.8) is 0 Å². The third-order valence-electron chi connectivity index (χ3n) is 10.7. The molecule has 1 fully saturated rings. The number of carbonyl (C=O) groups excluding carboxylic acids is 2. The fourth-order valence-electron chi connectivity index (χ4n) is 7.84. The van der Waals surface area contributed by atoms with E-state index in [2.05, 4.69) is 122 Å². The molecule has 0 amide bonds. The van der Waals surface area contributed by atoms with Gasteiger partial charge in [-0.25, -0.2) is 0 Å². The predicted molar refractivity (Wildman–Crippen MR) is 213 cm³/mol. The van der Waals surface area contributed by atoms with Crippen molar-refractivity contribution in [2.75, 3.05) is 13.2 Å². The molecule has 3 rings (SSSR count). The summed E-state index contributed by atoms with van der Waals surface area (Å²) in [4.78, 5) is 28.5. The van der Waals surface area contributed by atoms with E-state index in [4.69, 9.17) is 9.47 Å². The highest BCUT2D eigenvalue weighted by Gasteiger charge is 2.46. The van der Waals surface area contributed by atoms with Crippen LogP contribution in [-0.2, 0) is 53.6 Å². The number of aromatic hydroxyl groups is 2. The molecule has 7 nitrogen and oxygen atoms in total. The second-order valence-corrected chi connectivity index (χ2v) is 20.6. The van der Waals surface area contributed by atoms with Gasteiger partial charge in [-0.05, 0) is 95.6 Å². The lowest BCUT2D eigenvalue weighted by molar-refractivity contribution is -0.163. The van der Waals surface area contributed by atoms with E-state index in [1.54, 1.807) is 0 Å². The smallest absolute Gasteiger partial charge is 0.306 e. The Hall–Kier alpha value is -3.06. The maximum Gasteiger partial charge on any atom is 0.306 e. The number of phenols is 2. The molecule has 2 N–H and O–H groups in total. The number of carbonyl (C=O) groups is 2. The molecule has 1 aliphatic rings. The standard InChI is InChI=1S/C45H71NO6/c1-40(2,3)31-25-30(38(49)35(26-31)43(10,11)12)18-20-37(48)52-32-27-44(13,14)46(45(15,16)28-32)21-22-51-36(47)19-17-29-23-33(41(4,5)6)39(50)34(24-29)42(7,8)9/h23-26,32,49-50H,17-22,27-28H2,1-16H3. The van der Waals surface area contributed by atoms with Crippen molar-refractivity contribution < 1.29 is 29.3 Å². The van der Waals surface area contributed by atoms with Crippen LogP contribution < -0.4 is 0 Å². The van der Waals surface area contributed by atoms with Crippen LogP contribution in [0.5, 0.6) is 11.5 Å². The minimum absolute atomic E-state index is 0.0901. The Morgan fingerprint density at radius 2 is 1.13 bits per heavy atom. The summed E-state index contributed by atoms with van der Waals surface area (Å²) in [5.41, 5.74) is 4.25. The summed E-state index contributed by atoms with van der Waals surface area (Å²) >= 11 is 0. The van der Waals surface area contributed by atoms with Crippen LogP contribution in [0, 0.1) is 0 Å². The van der Waals surface area contributed by atoms with Gasteiger partial charge in [-0.2, -0.15) is 0 Å². The molecule has 52 heavy (non-hydrogen) atoms. The molecule has 0 saturated carbocycles. The van der Waals surface area contributed by atoms with Crippen LogP contribution in [-0.4, -0.2) is 57.4 Å². The lowest BCUT2D eigenvalue weighted by Crippen LogP contribution is -2.63. The van der Waals surface area contributed by atoms with Crippen molar-refractivity contribution in [1.82, 2.24) is 4.90 Å². The molecule has 1 saturated heterocycles. The number of nitrogens with zero attached hydrogens (tertiary/aromatic N) is 1. The molecule has 0 unspecified atom stereocenters. The maximum absolute atomic E-state index is 13.2. The number of likely N-dealkylation sites (tertiary alicyclic amines) is 1. The number of ether oxygens (including phenoxy) is 2.